The van der Waals surface area contributed by atoms with Crippen molar-refractivity contribution in [3.63, 3.8) is 0 Å². The summed E-state index contributed by atoms with van der Waals surface area (Å²) in [5.41, 5.74) is 1.03. The second kappa shape index (κ2) is 7.07. The van der Waals surface area contributed by atoms with Crippen molar-refractivity contribution in [1.82, 2.24) is 14.9 Å². The quantitative estimate of drug-likeness (QED) is 0.913. The first-order valence-corrected chi connectivity index (χ1v) is 7.22. The van der Waals surface area contributed by atoms with Crippen molar-refractivity contribution in [1.29, 1.82) is 0 Å². The zero-order chi connectivity index (χ0) is 14.4. The molecule has 6 heteroatoms. The van der Waals surface area contributed by atoms with E-state index in [9.17, 15) is 4.79 Å². The highest BCUT2D eigenvalue weighted by atomic mass is 16.6. The highest BCUT2D eigenvalue weighted by Gasteiger charge is 2.23. The summed E-state index contributed by atoms with van der Waals surface area (Å²) in [6.45, 7) is 5.78. The molecule has 0 radical (unpaired) electrons. The van der Waals surface area contributed by atoms with Gasteiger partial charge in [-0.15, -0.1) is 0 Å². The van der Waals surface area contributed by atoms with Crippen molar-refractivity contribution in [2.45, 2.75) is 39.2 Å². The summed E-state index contributed by atoms with van der Waals surface area (Å²) >= 11 is 0. The monoisotopic (exact) mass is 278 g/mol. The third kappa shape index (κ3) is 3.82. The number of carbonyl (C=O) groups is 1. The van der Waals surface area contributed by atoms with Gasteiger partial charge in [0.05, 0.1) is 6.61 Å². The number of carbonyl (C=O) groups excluding carboxylic acids is 1. The summed E-state index contributed by atoms with van der Waals surface area (Å²) in [6, 6.07) is 2.33. The lowest BCUT2D eigenvalue weighted by Crippen LogP contribution is -2.42. The summed E-state index contributed by atoms with van der Waals surface area (Å²) in [4.78, 5) is 21.8. The van der Waals surface area contributed by atoms with Crippen LogP contribution in [0.5, 0.6) is 0 Å². The largest absolute Gasteiger partial charge is 0.450 e. The van der Waals surface area contributed by atoms with Crippen LogP contribution in [0, 0.1) is 0 Å². The summed E-state index contributed by atoms with van der Waals surface area (Å²) in [5.74, 6) is 0.867. The van der Waals surface area contributed by atoms with Gasteiger partial charge in [-0.25, -0.2) is 14.8 Å². The number of aromatic nitrogens is 2. The fraction of sp³-hybridized carbons (Fsp3) is 0.643. The Morgan fingerprint density at radius 3 is 2.80 bits per heavy atom. The van der Waals surface area contributed by atoms with E-state index in [0.29, 0.717) is 12.6 Å². The molecule has 0 spiro atoms. The molecule has 1 aromatic rings. The Kier molecular flexibility index (Phi) is 5.15. The Labute approximate surface area is 119 Å². The molecule has 20 heavy (non-hydrogen) atoms. The zero-order valence-electron chi connectivity index (χ0n) is 12.1. The number of hydrogen-bond acceptors (Lipinski definition) is 5. The minimum atomic E-state index is -0.207. The maximum atomic E-state index is 11.6. The lowest BCUT2D eigenvalue weighted by atomic mass is 10.1. The van der Waals surface area contributed by atoms with Gasteiger partial charge >= 0.3 is 6.09 Å². The van der Waals surface area contributed by atoms with Crippen molar-refractivity contribution in [3.05, 3.63) is 18.1 Å². The number of rotatable bonds is 4. The van der Waals surface area contributed by atoms with Crippen LogP contribution in [0.25, 0.3) is 0 Å². The smallest absolute Gasteiger partial charge is 0.409 e. The minimum Gasteiger partial charge on any atom is -0.450 e. The number of nitrogens with zero attached hydrogens (tertiary/aromatic N) is 3. The van der Waals surface area contributed by atoms with Crippen LogP contribution in [-0.4, -0.2) is 46.7 Å². The summed E-state index contributed by atoms with van der Waals surface area (Å²) in [7, 11) is 0. The number of ether oxygens (including phenoxy) is 1. The fourth-order valence-corrected chi connectivity index (χ4v) is 2.30. The third-order valence-corrected chi connectivity index (χ3v) is 3.46. The molecule has 0 saturated carbocycles. The molecule has 1 aromatic heterocycles. The molecule has 110 valence electrons. The summed E-state index contributed by atoms with van der Waals surface area (Å²) in [5, 5.41) is 3.42. The predicted octanol–water partition coefficient (Wildman–Crippen LogP) is 2.07. The number of nitrogens with one attached hydrogen (secondary N) is 1. The van der Waals surface area contributed by atoms with Crippen molar-refractivity contribution in [3.8, 4) is 0 Å². The lowest BCUT2D eigenvalue weighted by molar-refractivity contribution is 0.0983. The number of amides is 1. The van der Waals surface area contributed by atoms with Crippen LogP contribution in [0.1, 0.15) is 32.4 Å². The SMILES string of the molecule is CCOC(=O)N1CCC(Nc2cc(CC)ncn2)CC1. The molecule has 1 aliphatic rings. The molecule has 1 saturated heterocycles. The van der Waals surface area contributed by atoms with Gasteiger partial charge in [0.1, 0.15) is 12.1 Å². The van der Waals surface area contributed by atoms with Crippen LogP contribution in [-0.2, 0) is 11.2 Å². The molecule has 2 rings (SSSR count). The van der Waals surface area contributed by atoms with Crippen LogP contribution in [0.3, 0.4) is 0 Å². The predicted molar refractivity (Wildman–Crippen MR) is 76.6 cm³/mol. The molecule has 0 aromatic carbocycles. The van der Waals surface area contributed by atoms with Crippen molar-refractivity contribution >= 4 is 11.9 Å². The molecule has 0 bridgehead atoms. The van der Waals surface area contributed by atoms with E-state index in [4.69, 9.17) is 4.74 Å². The summed E-state index contributed by atoms with van der Waals surface area (Å²) in [6.07, 6.45) is 4.10. The van der Waals surface area contributed by atoms with Gasteiger partial charge in [-0.05, 0) is 26.2 Å². The Morgan fingerprint density at radius 1 is 1.40 bits per heavy atom. The Hall–Kier alpha value is -1.85. The molecule has 1 amide bonds. The number of aryl methyl sites for hydroxylation is 1. The third-order valence-electron chi connectivity index (χ3n) is 3.46. The van der Waals surface area contributed by atoms with Crippen molar-refractivity contribution in [2.24, 2.45) is 0 Å². The molecule has 0 unspecified atom stereocenters. The van der Waals surface area contributed by atoms with E-state index < -0.39 is 0 Å². The first-order chi connectivity index (χ1) is 9.72. The van der Waals surface area contributed by atoms with Gasteiger partial charge in [0, 0.05) is 30.9 Å². The van der Waals surface area contributed by atoms with Gasteiger partial charge in [-0.1, -0.05) is 6.92 Å². The van der Waals surface area contributed by atoms with Gasteiger partial charge in [-0.2, -0.15) is 0 Å². The van der Waals surface area contributed by atoms with E-state index in [1.807, 2.05) is 13.0 Å². The molecular weight excluding hydrogens is 256 g/mol. The molecule has 6 nitrogen and oxygen atoms in total. The molecule has 1 N–H and O–H groups in total. The van der Waals surface area contributed by atoms with E-state index in [0.717, 1.165) is 43.9 Å². The minimum absolute atomic E-state index is 0.207. The lowest BCUT2D eigenvalue weighted by Gasteiger charge is -2.31. The highest BCUT2D eigenvalue weighted by Crippen LogP contribution is 2.16. The van der Waals surface area contributed by atoms with Gasteiger partial charge in [0.15, 0.2) is 0 Å². The Morgan fingerprint density at radius 2 is 2.15 bits per heavy atom. The van der Waals surface area contributed by atoms with Gasteiger partial charge in [0.25, 0.3) is 0 Å². The first-order valence-electron chi connectivity index (χ1n) is 7.22. The van der Waals surface area contributed by atoms with Gasteiger partial charge in [-0.3, -0.25) is 0 Å². The zero-order valence-corrected chi connectivity index (χ0v) is 12.1. The van der Waals surface area contributed by atoms with Crippen LogP contribution >= 0.6 is 0 Å². The maximum absolute atomic E-state index is 11.6. The number of likely N-dealkylation sites (tertiary alicyclic amines) is 1. The first kappa shape index (κ1) is 14.6. The molecule has 0 aliphatic carbocycles. The van der Waals surface area contributed by atoms with E-state index in [1.165, 1.54) is 0 Å². The van der Waals surface area contributed by atoms with E-state index in [1.54, 1.807) is 11.2 Å². The second-order valence-corrected chi connectivity index (χ2v) is 4.85. The maximum Gasteiger partial charge on any atom is 0.409 e. The number of anilines is 1. The Bertz CT molecular complexity index is 445. The highest BCUT2D eigenvalue weighted by molar-refractivity contribution is 5.67. The van der Waals surface area contributed by atoms with Crippen molar-refractivity contribution < 1.29 is 9.53 Å². The summed E-state index contributed by atoms with van der Waals surface area (Å²) < 4.78 is 5.01. The number of piperidine rings is 1. The van der Waals surface area contributed by atoms with E-state index >= 15 is 0 Å². The topological polar surface area (TPSA) is 67.3 Å². The average molecular weight is 278 g/mol. The van der Waals surface area contributed by atoms with Gasteiger partial charge < -0.3 is 15.0 Å². The molecule has 0 atom stereocenters. The normalized spacial score (nSPS) is 16.0. The van der Waals surface area contributed by atoms with E-state index in [-0.39, 0.29) is 6.09 Å². The van der Waals surface area contributed by atoms with Crippen LogP contribution in [0.2, 0.25) is 0 Å². The molecule has 2 heterocycles. The molecular formula is C14H22N4O2. The Balaban J connectivity index is 1.83. The van der Waals surface area contributed by atoms with Crippen LogP contribution in [0.15, 0.2) is 12.4 Å². The molecule has 1 fully saturated rings. The standard InChI is InChI=1S/C14H22N4O2/c1-3-11-9-13(16-10-15-11)17-12-5-7-18(8-6-12)14(19)20-4-2/h9-10,12H,3-8H2,1-2H3,(H,15,16,17). The average Bonchev–Trinajstić information content (AvgIpc) is 2.48. The van der Waals surface area contributed by atoms with Gasteiger partial charge in [0.2, 0.25) is 0 Å². The van der Waals surface area contributed by atoms with Crippen molar-refractivity contribution in [2.75, 3.05) is 25.0 Å². The van der Waals surface area contributed by atoms with E-state index in [2.05, 4.69) is 22.2 Å². The molecule has 1 aliphatic heterocycles. The second-order valence-electron chi connectivity index (χ2n) is 4.85. The van der Waals surface area contributed by atoms with Crippen LogP contribution < -0.4 is 5.32 Å². The number of hydrogen-bond donors (Lipinski definition) is 1. The van der Waals surface area contributed by atoms with Crippen LogP contribution in [0.4, 0.5) is 10.6 Å². The fourth-order valence-electron chi connectivity index (χ4n) is 2.30.